The quantitative estimate of drug-likeness (QED) is 0.498. The Labute approximate surface area is 144 Å². The summed E-state index contributed by atoms with van der Waals surface area (Å²) in [6.45, 7) is 1.99. The van der Waals surface area contributed by atoms with Crippen LogP contribution in [0.1, 0.15) is 11.1 Å². The summed E-state index contributed by atoms with van der Waals surface area (Å²) in [5, 5.41) is 0. The van der Waals surface area contributed by atoms with Crippen LogP contribution in [0.3, 0.4) is 0 Å². The fraction of sp³-hybridized carbons (Fsp3) is 0.111. The van der Waals surface area contributed by atoms with Crippen molar-refractivity contribution in [2.24, 2.45) is 0 Å². The molecule has 0 spiro atoms. The minimum atomic E-state index is -0.493. The van der Waals surface area contributed by atoms with Gasteiger partial charge in [-0.15, -0.1) is 11.8 Å². The molecule has 0 saturated carbocycles. The van der Waals surface area contributed by atoms with Crippen LogP contribution in [-0.4, -0.2) is 17.6 Å². The van der Waals surface area contributed by atoms with E-state index in [-0.39, 0.29) is 17.5 Å². The smallest absolute Gasteiger partial charge is 0.262 e. The van der Waals surface area contributed by atoms with E-state index in [1.54, 1.807) is 12.1 Å². The van der Waals surface area contributed by atoms with E-state index < -0.39 is 5.91 Å². The zero-order chi connectivity index (χ0) is 17.4. The number of hydrogen-bond donors (Lipinski definition) is 2. The van der Waals surface area contributed by atoms with Gasteiger partial charge in [-0.1, -0.05) is 29.8 Å². The van der Waals surface area contributed by atoms with Gasteiger partial charge in [-0.05, 0) is 42.8 Å². The number of halogens is 1. The molecule has 0 heterocycles. The maximum Gasteiger partial charge on any atom is 0.262 e. The topological polar surface area (TPSA) is 58.2 Å². The fourth-order valence-corrected chi connectivity index (χ4v) is 2.47. The minimum absolute atomic E-state index is 0.191. The zero-order valence-electron chi connectivity index (χ0n) is 13.1. The van der Waals surface area contributed by atoms with Crippen LogP contribution < -0.4 is 10.9 Å². The molecule has 2 rings (SSSR count). The molecule has 24 heavy (non-hydrogen) atoms. The first-order chi connectivity index (χ1) is 11.5. The SMILES string of the molecule is Cc1ccc(SCC(=O)NNC(=O)/C=C/c2cccc(F)c2)cc1. The van der Waals surface area contributed by atoms with E-state index in [0.29, 0.717) is 5.56 Å². The van der Waals surface area contributed by atoms with Crippen LogP contribution >= 0.6 is 11.8 Å². The van der Waals surface area contributed by atoms with Crippen molar-refractivity contribution in [2.45, 2.75) is 11.8 Å². The molecule has 0 fully saturated rings. The molecule has 2 amide bonds. The molecular weight excluding hydrogens is 327 g/mol. The predicted octanol–water partition coefficient (Wildman–Crippen LogP) is 3.09. The number of aryl methyl sites for hydroxylation is 1. The van der Waals surface area contributed by atoms with Crippen LogP contribution in [0.25, 0.3) is 6.08 Å². The highest BCUT2D eigenvalue weighted by Gasteiger charge is 2.04. The van der Waals surface area contributed by atoms with Crippen LogP contribution in [0.4, 0.5) is 4.39 Å². The lowest BCUT2D eigenvalue weighted by molar-refractivity contribution is -0.125. The van der Waals surface area contributed by atoms with Gasteiger partial charge >= 0.3 is 0 Å². The van der Waals surface area contributed by atoms with Gasteiger partial charge in [-0.3, -0.25) is 20.4 Å². The van der Waals surface area contributed by atoms with E-state index in [1.807, 2.05) is 31.2 Å². The fourth-order valence-electron chi connectivity index (χ4n) is 1.77. The molecule has 2 N–H and O–H groups in total. The van der Waals surface area contributed by atoms with Gasteiger partial charge < -0.3 is 0 Å². The molecule has 0 aliphatic carbocycles. The van der Waals surface area contributed by atoms with E-state index >= 15 is 0 Å². The van der Waals surface area contributed by atoms with Crippen molar-refractivity contribution >= 4 is 29.7 Å². The average Bonchev–Trinajstić information content (AvgIpc) is 2.57. The molecule has 0 aromatic heterocycles. The largest absolute Gasteiger partial charge is 0.272 e. The Hall–Kier alpha value is -2.60. The second-order valence-electron chi connectivity index (χ2n) is 5.03. The third kappa shape index (κ3) is 6.26. The summed E-state index contributed by atoms with van der Waals surface area (Å²) in [5.41, 5.74) is 6.32. The average molecular weight is 344 g/mol. The van der Waals surface area contributed by atoms with Gasteiger partial charge in [-0.2, -0.15) is 0 Å². The first kappa shape index (κ1) is 17.7. The normalized spacial score (nSPS) is 10.6. The number of hydrazine groups is 1. The minimum Gasteiger partial charge on any atom is -0.272 e. The van der Waals surface area contributed by atoms with Crippen molar-refractivity contribution in [3.05, 3.63) is 71.6 Å². The number of nitrogens with one attached hydrogen (secondary N) is 2. The van der Waals surface area contributed by atoms with E-state index in [4.69, 9.17) is 0 Å². The van der Waals surface area contributed by atoms with Gasteiger partial charge in [0.05, 0.1) is 5.75 Å². The van der Waals surface area contributed by atoms with Crippen molar-refractivity contribution in [3.8, 4) is 0 Å². The summed E-state index contributed by atoms with van der Waals surface area (Å²) < 4.78 is 13.0. The van der Waals surface area contributed by atoms with E-state index in [9.17, 15) is 14.0 Å². The summed E-state index contributed by atoms with van der Waals surface area (Å²) in [6.07, 6.45) is 2.69. The van der Waals surface area contributed by atoms with Gasteiger partial charge in [-0.25, -0.2) is 4.39 Å². The van der Waals surface area contributed by atoms with Gasteiger partial charge in [0.2, 0.25) is 5.91 Å². The van der Waals surface area contributed by atoms with Crippen molar-refractivity contribution in [3.63, 3.8) is 0 Å². The lowest BCUT2D eigenvalue weighted by Crippen LogP contribution is -2.41. The van der Waals surface area contributed by atoms with Crippen LogP contribution in [0.2, 0.25) is 0 Å². The van der Waals surface area contributed by atoms with Gasteiger partial charge in [0.25, 0.3) is 5.91 Å². The van der Waals surface area contributed by atoms with Gasteiger partial charge in [0.1, 0.15) is 5.82 Å². The Kier molecular flexibility index (Phi) is 6.57. The molecule has 0 atom stereocenters. The highest BCUT2D eigenvalue weighted by atomic mass is 32.2. The summed E-state index contributed by atoms with van der Waals surface area (Å²) in [7, 11) is 0. The summed E-state index contributed by atoms with van der Waals surface area (Å²) >= 11 is 1.38. The molecule has 0 bridgehead atoms. The number of amides is 2. The molecule has 0 aliphatic rings. The molecule has 6 heteroatoms. The molecule has 124 valence electrons. The number of carbonyl (C=O) groups excluding carboxylic acids is 2. The molecule has 0 saturated heterocycles. The summed E-state index contributed by atoms with van der Waals surface area (Å²) in [6, 6.07) is 13.7. The van der Waals surface area contributed by atoms with Crippen LogP contribution in [0.15, 0.2) is 59.5 Å². The molecule has 0 unspecified atom stereocenters. The highest BCUT2D eigenvalue weighted by Crippen LogP contribution is 2.17. The molecule has 4 nitrogen and oxygen atoms in total. The molecule has 2 aromatic rings. The maximum atomic E-state index is 13.0. The Morgan fingerprint density at radius 1 is 1.12 bits per heavy atom. The second kappa shape index (κ2) is 8.88. The molecule has 0 radical (unpaired) electrons. The van der Waals surface area contributed by atoms with Crippen molar-refractivity contribution in [1.82, 2.24) is 10.9 Å². The van der Waals surface area contributed by atoms with E-state index in [0.717, 1.165) is 10.5 Å². The molecular formula is C18H17FN2O2S. The van der Waals surface area contributed by atoms with Crippen molar-refractivity contribution in [2.75, 3.05) is 5.75 Å². The van der Waals surface area contributed by atoms with E-state index in [2.05, 4.69) is 10.9 Å². The zero-order valence-corrected chi connectivity index (χ0v) is 13.9. The number of rotatable bonds is 5. The number of hydrogen-bond acceptors (Lipinski definition) is 3. The Morgan fingerprint density at radius 2 is 1.88 bits per heavy atom. The van der Waals surface area contributed by atoms with Crippen molar-refractivity contribution in [1.29, 1.82) is 0 Å². The lowest BCUT2D eigenvalue weighted by atomic mass is 10.2. The second-order valence-corrected chi connectivity index (χ2v) is 6.08. The van der Waals surface area contributed by atoms with Crippen molar-refractivity contribution < 1.29 is 14.0 Å². The molecule has 2 aromatic carbocycles. The summed E-state index contributed by atoms with van der Waals surface area (Å²) in [4.78, 5) is 24.3. The first-order valence-electron chi connectivity index (χ1n) is 7.25. The number of benzene rings is 2. The van der Waals surface area contributed by atoms with Crippen LogP contribution in [0, 0.1) is 12.7 Å². The van der Waals surface area contributed by atoms with Crippen LogP contribution in [0.5, 0.6) is 0 Å². The van der Waals surface area contributed by atoms with Crippen LogP contribution in [-0.2, 0) is 9.59 Å². The van der Waals surface area contributed by atoms with E-state index in [1.165, 1.54) is 36.0 Å². The Balaban J connectivity index is 1.72. The third-order valence-electron chi connectivity index (χ3n) is 2.99. The van der Waals surface area contributed by atoms with Gasteiger partial charge in [0.15, 0.2) is 0 Å². The number of thioether (sulfide) groups is 1. The predicted molar refractivity (Wildman–Crippen MR) is 93.6 cm³/mol. The maximum absolute atomic E-state index is 13.0. The Morgan fingerprint density at radius 3 is 2.58 bits per heavy atom. The first-order valence-corrected chi connectivity index (χ1v) is 8.23. The summed E-state index contributed by atoms with van der Waals surface area (Å²) in [5.74, 6) is -0.989. The lowest BCUT2D eigenvalue weighted by Gasteiger charge is -2.05. The standard InChI is InChI=1S/C18H17FN2O2S/c1-13-5-8-16(9-6-13)24-12-18(23)21-20-17(22)10-7-14-3-2-4-15(19)11-14/h2-11H,12H2,1H3,(H,20,22)(H,21,23)/b10-7+. The Bertz CT molecular complexity index is 745. The molecule has 0 aliphatic heterocycles. The third-order valence-corrected chi connectivity index (χ3v) is 4.00. The number of carbonyl (C=O) groups is 2. The highest BCUT2D eigenvalue weighted by molar-refractivity contribution is 8.00. The van der Waals surface area contributed by atoms with Gasteiger partial charge in [0, 0.05) is 11.0 Å². The monoisotopic (exact) mass is 344 g/mol.